The SMILES string of the molecule is CC(C)n1ncc2cc(NC(=O)c3ccccc3C(=O)c3cccs3)cnc21. The van der Waals surface area contributed by atoms with Crippen molar-refractivity contribution in [2.45, 2.75) is 19.9 Å². The molecule has 7 heteroatoms. The Morgan fingerprint density at radius 2 is 1.86 bits per heavy atom. The Morgan fingerprint density at radius 1 is 1.07 bits per heavy atom. The van der Waals surface area contributed by atoms with Crippen molar-refractivity contribution in [1.82, 2.24) is 14.8 Å². The lowest BCUT2D eigenvalue weighted by Crippen LogP contribution is -2.16. The van der Waals surface area contributed by atoms with Gasteiger partial charge in [0.1, 0.15) is 0 Å². The van der Waals surface area contributed by atoms with Gasteiger partial charge in [0.25, 0.3) is 5.91 Å². The first-order chi connectivity index (χ1) is 13.5. The van der Waals surface area contributed by atoms with Crippen molar-refractivity contribution in [3.8, 4) is 0 Å². The van der Waals surface area contributed by atoms with Crippen LogP contribution < -0.4 is 5.32 Å². The molecule has 0 saturated heterocycles. The largest absolute Gasteiger partial charge is 0.321 e. The number of fused-ring (bicyclic) bond motifs is 1. The molecule has 0 aliphatic rings. The summed E-state index contributed by atoms with van der Waals surface area (Å²) in [7, 11) is 0. The van der Waals surface area contributed by atoms with Crippen LogP contribution in [0.4, 0.5) is 5.69 Å². The van der Waals surface area contributed by atoms with Gasteiger partial charge in [-0.05, 0) is 37.4 Å². The van der Waals surface area contributed by atoms with Crippen molar-refractivity contribution in [3.63, 3.8) is 0 Å². The summed E-state index contributed by atoms with van der Waals surface area (Å²) in [6.07, 6.45) is 3.33. The summed E-state index contributed by atoms with van der Waals surface area (Å²) in [5.74, 6) is -0.509. The maximum Gasteiger partial charge on any atom is 0.256 e. The molecule has 0 spiro atoms. The minimum Gasteiger partial charge on any atom is -0.321 e. The Hall–Kier alpha value is -3.32. The molecule has 140 valence electrons. The standard InChI is InChI=1S/C21H18N4O2S/c1-13(2)25-20-14(11-23-25)10-15(12-22-20)24-21(27)17-7-4-3-6-16(17)19(26)18-8-5-9-28-18/h3-13H,1-2H3,(H,24,27). The zero-order chi connectivity index (χ0) is 19.7. The van der Waals surface area contributed by atoms with Crippen LogP contribution in [0.2, 0.25) is 0 Å². The van der Waals surface area contributed by atoms with Crippen molar-refractivity contribution < 1.29 is 9.59 Å². The number of hydrogen-bond donors (Lipinski definition) is 1. The average Bonchev–Trinajstić information content (AvgIpc) is 3.37. The van der Waals surface area contributed by atoms with Crippen LogP contribution >= 0.6 is 11.3 Å². The average molecular weight is 390 g/mol. The second-order valence-corrected chi connectivity index (χ2v) is 7.57. The number of anilines is 1. The minimum absolute atomic E-state index is 0.160. The van der Waals surface area contributed by atoms with E-state index < -0.39 is 0 Å². The maximum absolute atomic E-state index is 12.8. The van der Waals surface area contributed by atoms with Gasteiger partial charge < -0.3 is 5.32 Å². The molecule has 1 N–H and O–H groups in total. The number of carbonyl (C=O) groups excluding carboxylic acids is 2. The molecule has 3 heterocycles. The number of aromatic nitrogens is 3. The first kappa shape index (κ1) is 18.1. The van der Waals surface area contributed by atoms with Gasteiger partial charge in [0.05, 0.1) is 28.5 Å². The van der Waals surface area contributed by atoms with Crippen LogP contribution in [0, 0.1) is 0 Å². The summed E-state index contributed by atoms with van der Waals surface area (Å²) in [5.41, 5.74) is 2.03. The predicted molar refractivity (Wildman–Crippen MR) is 110 cm³/mol. The van der Waals surface area contributed by atoms with Gasteiger partial charge in [-0.2, -0.15) is 5.10 Å². The Kier molecular flexibility index (Phi) is 4.75. The molecule has 1 aromatic carbocycles. The van der Waals surface area contributed by atoms with Gasteiger partial charge in [0.15, 0.2) is 5.65 Å². The number of nitrogens with one attached hydrogen (secondary N) is 1. The van der Waals surface area contributed by atoms with Crippen molar-refractivity contribution in [2.24, 2.45) is 0 Å². The van der Waals surface area contributed by atoms with Crippen LogP contribution in [0.3, 0.4) is 0 Å². The molecule has 0 saturated carbocycles. The highest BCUT2D eigenvalue weighted by Crippen LogP contribution is 2.22. The third-order valence-electron chi connectivity index (χ3n) is 4.34. The first-order valence-electron chi connectivity index (χ1n) is 8.86. The molecule has 0 aliphatic heterocycles. The number of hydrogen-bond acceptors (Lipinski definition) is 5. The van der Waals surface area contributed by atoms with Crippen molar-refractivity contribution in [3.05, 3.63) is 76.2 Å². The molecule has 3 aromatic heterocycles. The van der Waals surface area contributed by atoms with E-state index in [4.69, 9.17) is 0 Å². The van der Waals surface area contributed by atoms with E-state index in [1.54, 1.807) is 42.7 Å². The van der Waals surface area contributed by atoms with E-state index in [-0.39, 0.29) is 17.7 Å². The van der Waals surface area contributed by atoms with Gasteiger partial charge in [0.2, 0.25) is 5.78 Å². The van der Waals surface area contributed by atoms with Crippen LogP contribution in [-0.2, 0) is 0 Å². The third kappa shape index (κ3) is 3.32. The topological polar surface area (TPSA) is 76.9 Å². The monoisotopic (exact) mass is 390 g/mol. The fourth-order valence-electron chi connectivity index (χ4n) is 3.00. The van der Waals surface area contributed by atoms with E-state index in [0.717, 1.165) is 11.0 Å². The van der Waals surface area contributed by atoms with Crippen molar-refractivity contribution >= 4 is 39.7 Å². The zero-order valence-electron chi connectivity index (χ0n) is 15.4. The highest BCUT2D eigenvalue weighted by Gasteiger charge is 2.19. The summed E-state index contributed by atoms with van der Waals surface area (Å²) in [4.78, 5) is 30.6. The molecule has 0 radical (unpaired) electrons. The summed E-state index contributed by atoms with van der Waals surface area (Å²) in [6.45, 7) is 4.07. The van der Waals surface area contributed by atoms with Crippen LogP contribution in [-0.4, -0.2) is 26.5 Å². The Morgan fingerprint density at radius 3 is 2.57 bits per heavy atom. The highest BCUT2D eigenvalue weighted by atomic mass is 32.1. The van der Waals surface area contributed by atoms with Crippen LogP contribution in [0.15, 0.2) is 60.2 Å². The van der Waals surface area contributed by atoms with Crippen LogP contribution in [0.25, 0.3) is 11.0 Å². The molecule has 0 unspecified atom stereocenters. The van der Waals surface area contributed by atoms with E-state index in [1.807, 2.05) is 36.0 Å². The lowest BCUT2D eigenvalue weighted by molar-refractivity contribution is 0.0998. The van der Waals surface area contributed by atoms with Crippen LogP contribution in [0.1, 0.15) is 45.5 Å². The number of ketones is 1. The maximum atomic E-state index is 12.8. The molecule has 28 heavy (non-hydrogen) atoms. The molecule has 4 aromatic rings. The van der Waals surface area contributed by atoms with Gasteiger partial charge in [-0.15, -0.1) is 11.3 Å². The number of pyridine rings is 1. The number of benzene rings is 1. The number of rotatable bonds is 5. The molecular formula is C21H18N4O2S. The fourth-order valence-corrected chi connectivity index (χ4v) is 3.68. The normalized spacial score (nSPS) is 11.1. The molecule has 0 aliphatic carbocycles. The summed E-state index contributed by atoms with van der Waals surface area (Å²) in [5, 5.41) is 9.86. The Bertz CT molecular complexity index is 1160. The number of amides is 1. The molecule has 0 fully saturated rings. The Balaban J connectivity index is 1.63. The third-order valence-corrected chi connectivity index (χ3v) is 5.21. The molecular weight excluding hydrogens is 372 g/mol. The number of nitrogens with zero attached hydrogens (tertiary/aromatic N) is 3. The zero-order valence-corrected chi connectivity index (χ0v) is 16.2. The quantitative estimate of drug-likeness (QED) is 0.507. The highest BCUT2D eigenvalue weighted by molar-refractivity contribution is 7.12. The second-order valence-electron chi connectivity index (χ2n) is 6.63. The molecule has 0 bridgehead atoms. The van der Waals surface area contributed by atoms with Gasteiger partial charge >= 0.3 is 0 Å². The van der Waals surface area contributed by atoms with Crippen molar-refractivity contribution in [1.29, 1.82) is 0 Å². The summed E-state index contributed by atoms with van der Waals surface area (Å²) >= 11 is 1.36. The predicted octanol–water partition coefficient (Wildman–Crippen LogP) is 4.56. The minimum atomic E-state index is -0.349. The molecule has 1 amide bonds. The van der Waals surface area contributed by atoms with E-state index in [1.165, 1.54) is 11.3 Å². The van der Waals surface area contributed by atoms with E-state index >= 15 is 0 Å². The van der Waals surface area contributed by atoms with E-state index in [2.05, 4.69) is 15.4 Å². The van der Waals surface area contributed by atoms with Crippen LogP contribution in [0.5, 0.6) is 0 Å². The summed E-state index contributed by atoms with van der Waals surface area (Å²) < 4.78 is 1.83. The first-order valence-corrected chi connectivity index (χ1v) is 9.74. The van der Waals surface area contributed by atoms with Gasteiger partial charge in [0, 0.05) is 17.0 Å². The second kappa shape index (κ2) is 7.36. The number of carbonyl (C=O) groups is 2. The van der Waals surface area contributed by atoms with Gasteiger partial charge in [-0.25, -0.2) is 9.67 Å². The summed E-state index contributed by atoms with van der Waals surface area (Å²) in [6, 6.07) is 12.4. The van der Waals surface area contributed by atoms with Gasteiger partial charge in [-0.3, -0.25) is 9.59 Å². The van der Waals surface area contributed by atoms with Crippen molar-refractivity contribution in [2.75, 3.05) is 5.32 Å². The Labute approximate surface area is 165 Å². The lowest BCUT2D eigenvalue weighted by Gasteiger charge is -2.10. The molecule has 0 atom stereocenters. The fraction of sp³-hybridized carbons (Fsp3) is 0.143. The smallest absolute Gasteiger partial charge is 0.256 e. The molecule has 6 nitrogen and oxygen atoms in total. The number of thiophene rings is 1. The molecule has 4 rings (SSSR count). The van der Waals surface area contributed by atoms with E-state index in [0.29, 0.717) is 21.7 Å². The van der Waals surface area contributed by atoms with E-state index in [9.17, 15) is 9.59 Å². The van der Waals surface area contributed by atoms with Gasteiger partial charge in [-0.1, -0.05) is 24.3 Å². The lowest BCUT2D eigenvalue weighted by atomic mass is 10.0.